The lowest BCUT2D eigenvalue weighted by Crippen LogP contribution is -2.04. The van der Waals surface area contributed by atoms with Crippen molar-refractivity contribution in [1.82, 2.24) is 19.7 Å². The molecule has 0 saturated heterocycles. The van der Waals surface area contributed by atoms with Crippen LogP contribution in [0.3, 0.4) is 0 Å². The Morgan fingerprint density at radius 1 is 1.60 bits per heavy atom. The van der Waals surface area contributed by atoms with E-state index in [0.717, 1.165) is 18.1 Å². The van der Waals surface area contributed by atoms with E-state index in [1.54, 1.807) is 11.3 Å². The molecule has 1 aliphatic rings. The average molecular weight is 238 g/mol. The molecule has 0 amide bonds. The summed E-state index contributed by atoms with van der Waals surface area (Å²) in [4.78, 5) is 4.26. The fourth-order valence-corrected chi connectivity index (χ4v) is 2.37. The SMILES string of the molecule is S=c1[nH]nc(C2CC2)n1Cc1cscn1. The molecular weight excluding hydrogens is 228 g/mol. The van der Waals surface area contributed by atoms with Crippen LogP contribution >= 0.6 is 23.6 Å². The summed E-state index contributed by atoms with van der Waals surface area (Å²) >= 11 is 6.82. The molecule has 0 aliphatic heterocycles. The van der Waals surface area contributed by atoms with Crippen molar-refractivity contribution in [3.05, 3.63) is 27.2 Å². The number of hydrogen-bond donors (Lipinski definition) is 1. The summed E-state index contributed by atoms with van der Waals surface area (Å²) in [5, 5.41) is 9.19. The summed E-state index contributed by atoms with van der Waals surface area (Å²) in [5.74, 6) is 1.70. The maximum Gasteiger partial charge on any atom is 0.195 e. The number of hydrogen-bond acceptors (Lipinski definition) is 4. The van der Waals surface area contributed by atoms with Crippen molar-refractivity contribution in [3.63, 3.8) is 0 Å². The molecule has 1 aliphatic carbocycles. The molecule has 0 radical (unpaired) electrons. The van der Waals surface area contributed by atoms with E-state index < -0.39 is 0 Å². The van der Waals surface area contributed by atoms with Gasteiger partial charge < -0.3 is 0 Å². The summed E-state index contributed by atoms with van der Waals surface area (Å²) in [5.41, 5.74) is 2.90. The standard InChI is InChI=1S/C9H10N4S2/c14-9-12-11-8(6-1-2-6)13(9)3-7-4-15-5-10-7/h4-6H,1-3H2,(H,12,14). The minimum absolute atomic E-state index is 0.608. The molecule has 6 heteroatoms. The van der Waals surface area contributed by atoms with Crippen LogP contribution in [0.2, 0.25) is 0 Å². The first kappa shape index (κ1) is 9.23. The highest BCUT2D eigenvalue weighted by molar-refractivity contribution is 7.71. The summed E-state index contributed by atoms with van der Waals surface area (Å²) in [7, 11) is 0. The van der Waals surface area contributed by atoms with Gasteiger partial charge in [-0.3, -0.25) is 9.67 Å². The van der Waals surface area contributed by atoms with Crippen molar-refractivity contribution in [2.24, 2.45) is 0 Å². The third-order valence-electron chi connectivity index (χ3n) is 2.53. The predicted molar refractivity (Wildman–Crippen MR) is 60.6 cm³/mol. The maximum absolute atomic E-state index is 5.21. The largest absolute Gasteiger partial charge is 0.298 e. The number of rotatable bonds is 3. The van der Waals surface area contributed by atoms with Gasteiger partial charge in [0.1, 0.15) is 5.82 Å². The second-order valence-electron chi connectivity index (χ2n) is 3.73. The number of aromatic amines is 1. The molecule has 1 N–H and O–H groups in total. The maximum atomic E-state index is 5.21. The normalized spacial score (nSPS) is 15.7. The second kappa shape index (κ2) is 3.53. The van der Waals surface area contributed by atoms with Gasteiger partial charge in [-0.2, -0.15) is 5.10 Å². The van der Waals surface area contributed by atoms with Gasteiger partial charge in [-0.1, -0.05) is 0 Å². The highest BCUT2D eigenvalue weighted by Crippen LogP contribution is 2.38. The Hall–Kier alpha value is -1.01. The monoisotopic (exact) mass is 238 g/mol. The number of nitrogens with zero attached hydrogens (tertiary/aromatic N) is 3. The lowest BCUT2D eigenvalue weighted by molar-refractivity contribution is 0.707. The Morgan fingerprint density at radius 2 is 2.47 bits per heavy atom. The predicted octanol–water partition coefficient (Wildman–Crippen LogP) is 2.32. The summed E-state index contributed by atoms with van der Waals surface area (Å²) < 4.78 is 2.76. The number of H-pyrrole nitrogens is 1. The van der Waals surface area contributed by atoms with Crippen molar-refractivity contribution < 1.29 is 0 Å². The van der Waals surface area contributed by atoms with E-state index in [4.69, 9.17) is 12.2 Å². The van der Waals surface area contributed by atoms with Crippen LogP contribution in [0.1, 0.15) is 30.3 Å². The van der Waals surface area contributed by atoms with Crippen molar-refractivity contribution in [3.8, 4) is 0 Å². The van der Waals surface area contributed by atoms with Gasteiger partial charge >= 0.3 is 0 Å². The van der Waals surface area contributed by atoms with E-state index in [1.807, 2.05) is 10.9 Å². The zero-order valence-corrected chi connectivity index (χ0v) is 9.64. The molecule has 1 fully saturated rings. The molecular formula is C9H10N4S2. The zero-order valence-electron chi connectivity index (χ0n) is 8.01. The van der Waals surface area contributed by atoms with Crippen LogP contribution in [-0.4, -0.2) is 19.7 Å². The van der Waals surface area contributed by atoms with Crippen molar-refractivity contribution in [2.45, 2.75) is 25.3 Å². The molecule has 0 spiro atoms. The van der Waals surface area contributed by atoms with Gasteiger partial charge in [-0.15, -0.1) is 11.3 Å². The van der Waals surface area contributed by atoms with Crippen molar-refractivity contribution >= 4 is 23.6 Å². The Kier molecular flexibility index (Phi) is 2.17. The van der Waals surface area contributed by atoms with Crippen LogP contribution in [0, 0.1) is 4.77 Å². The average Bonchev–Trinajstić information content (AvgIpc) is 2.82. The van der Waals surface area contributed by atoms with Crippen LogP contribution in [0.15, 0.2) is 10.9 Å². The molecule has 2 aromatic rings. The zero-order chi connectivity index (χ0) is 10.3. The van der Waals surface area contributed by atoms with Gasteiger partial charge in [0, 0.05) is 11.3 Å². The van der Waals surface area contributed by atoms with Gasteiger partial charge in [0.25, 0.3) is 0 Å². The van der Waals surface area contributed by atoms with Gasteiger partial charge in [0.2, 0.25) is 0 Å². The van der Waals surface area contributed by atoms with E-state index in [-0.39, 0.29) is 0 Å². The van der Waals surface area contributed by atoms with E-state index in [0.29, 0.717) is 10.7 Å². The van der Waals surface area contributed by atoms with Crippen LogP contribution in [0.5, 0.6) is 0 Å². The molecule has 2 heterocycles. The lowest BCUT2D eigenvalue weighted by Gasteiger charge is -2.02. The Labute approximate surface area is 96.0 Å². The van der Waals surface area contributed by atoms with E-state index in [9.17, 15) is 0 Å². The summed E-state index contributed by atoms with van der Waals surface area (Å²) in [6.45, 7) is 0.741. The van der Waals surface area contributed by atoms with Gasteiger partial charge in [-0.25, -0.2) is 4.98 Å². The molecule has 0 unspecified atom stereocenters. The second-order valence-corrected chi connectivity index (χ2v) is 4.83. The van der Waals surface area contributed by atoms with E-state index in [1.165, 1.54) is 12.8 Å². The molecule has 0 aromatic carbocycles. The topological polar surface area (TPSA) is 46.5 Å². The van der Waals surface area contributed by atoms with Crippen LogP contribution < -0.4 is 0 Å². The first-order chi connectivity index (χ1) is 7.34. The van der Waals surface area contributed by atoms with Crippen molar-refractivity contribution in [1.29, 1.82) is 0 Å². The first-order valence-corrected chi connectivity index (χ1v) is 6.22. The van der Waals surface area contributed by atoms with Crippen LogP contribution in [0.25, 0.3) is 0 Å². The summed E-state index contributed by atoms with van der Waals surface area (Å²) in [6, 6.07) is 0. The molecule has 4 nitrogen and oxygen atoms in total. The third kappa shape index (κ3) is 1.74. The minimum Gasteiger partial charge on any atom is -0.298 e. The highest BCUT2D eigenvalue weighted by Gasteiger charge is 2.29. The molecule has 3 rings (SSSR count). The quantitative estimate of drug-likeness (QED) is 0.835. The van der Waals surface area contributed by atoms with Crippen molar-refractivity contribution in [2.75, 3.05) is 0 Å². The first-order valence-electron chi connectivity index (χ1n) is 4.87. The molecule has 78 valence electrons. The Balaban J connectivity index is 1.96. The van der Waals surface area contributed by atoms with Gasteiger partial charge in [0.05, 0.1) is 17.7 Å². The number of nitrogens with one attached hydrogen (secondary N) is 1. The fraction of sp³-hybridized carbons (Fsp3) is 0.444. The molecule has 15 heavy (non-hydrogen) atoms. The number of thiazole rings is 1. The Morgan fingerprint density at radius 3 is 3.13 bits per heavy atom. The summed E-state index contributed by atoms with van der Waals surface area (Å²) in [6.07, 6.45) is 2.47. The molecule has 2 aromatic heterocycles. The Bertz CT molecular complexity index is 506. The van der Waals surface area contributed by atoms with Gasteiger partial charge in [0.15, 0.2) is 4.77 Å². The highest BCUT2D eigenvalue weighted by atomic mass is 32.1. The minimum atomic E-state index is 0.608. The van der Waals surface area contributed by atoms with E-state index in [2.05, 4.69) is 19.7 Å². The fourth-order valence-electron chi connectivity index (χ4n) is 1.61. The van der Waals surface area contributed by atoms with Crippen LogP contribution in [0.4, 0.5) is 0 Å². The molecule has 1 saturated carbocycles. The molecule has 0 atom stereocenters. The number of aromatic nitrogens is 4. The third-order valence-corrected chi connectivity index (χ3v) is 3.48. The van der Waals surface area contributed by atoms with E-state index >= 15 is 0 Å². The molecule has 0 bridgehead atoms. The smallest absolute Gasteiger partial charge is 0.195 e. The lowest BCUT2D eigenvalue weighted by atomic mass is 10.4. The van der Waals surface area contributed by atoms with Gasteiger partial charge in [-0.05, 0) is 25.1 Å². The van der Waals surface area contributed by atoms with Crippen LogP contribution in [-0.2, 0) is 6.54 Å².